The first-order valence-electron chi connectivity index (χ1n) is 8.56. The van der Waals surface area contributed by atoms with E-state index < -0.39 is 10.0 Å². The van der Waals surface area contributed by atoms with Crippen LogP contribution in [0.1, 0.15) is 19.8 Å². The van der Waals surface area contributed by atoms with Crippen LogP contribution in [0.15, 0.2) is 35.2 Å². The maximum atomic E-state index is 12.8. The van der Waals surface area contributed by atoms with Crippen molar-refractivity contribution in [1.82, 2.24) is 14.5 Å². The highest BCUT2D eigenvalue weighted by Crippen LogP contribution is 2.25. The summed E-state index contributed by atoms with van der Waals surface area (Å²) in [5.41, 5.74) is 0. The monoisotopic (exact) mass is 351 g/mol. The Bertz CT molecular complexity index is 678. The molecule has 132 valence electrons. The highest BCUT2D eigenvalue weighted by atomic mass is 32.2. The summed E-state index contributed by atoms with van der Waals surface area (Å²) in [6, 6.07) is 8.63. The van der Waals surface area contributed by atoms with Gasteiger partial charge < -0.3 is 10.2 Å². The summed E-state index contributed by atoms with van der Waals surface area (Å²) < 4.78 is 27.0. The lowest BCUT2D eigenvalue weighted by atomic mass is 9.97. The minimum atomic E-state index is -3.52. The smallest absolute Gasteiger partial charge is 0.243 e. The van der Waals surface area contributed by atoms with Crippen molar-refractivity contribution in [3.05, 3.63) is 30.3 Å². The fourth-order valence-electron chi connectivity index (χ4n) is 3.51. The first kappa shape index (κ1) is 17.4. The molecule has 6 nitrogen and oxygen atoms in total. The number of nitrogens with one attached hydrogen (secondary N) is 1. The van der Waals surface area contributed by atoms with Gasteiger partial charge in [-0.25, -0.2) is 8.42 Å². The van der Waals surface area contributed by atoms with Crippen molar-refractivity contribution in [1.29, 1.82) is 0 Å². The van der Waals surface area contributed by atoms with Crippen LogP contribution in [0.4, 0.5) is 0 Å². The van der Waals surface area contributed by atoms with E-state index in [1.54, 1.807) is 30.3 Å². The molecule has 24 heavy (non-hydrogen) atoms. The average Bonchev–Trinajstić information content (AvgIpc) is 2.62. The summed E-state index contributed by atoms with van der Waals surface area (Å²) in [5, 5.41) is 3.28. The van der Waals surface area contributed by atoms with Gasteiger partial charge in [-0.3, -0.25) is 4.79 Å². The highest BCUT2D eigenvalue weighted by Gasteiger charge is 2.36. The van der Waals surface area contributed by atoms with E-state index in [1.165, 1.54) is 4.31 Å². The zero-order chi connectivity index (χ0) is 17.2. The summed E-state index contributed by atoms with van der Waals surface area (Å²) in [4.78, 5) is 15.1. The van der Waals surface area contributed by atoms with E-state index in [-0.39, 0.29) is 24.4 Å². The SMILES string of the molecule is C[C@@H]1CNCCN1C(=O)C1CCCN(S(=O)(=O)c2ccccc2)C1. The molecule has 1 aromatic carbocycles. The molecule has 2 aliphatic heterocycles. The van der Waals surface area contributed by atoms with E-state index >= 15 is 0 Å². The summed E-state index contributed by atoms with van der Waals surface area (Å²) in [6.07, 6.45) is 1.49. The number of carbonyl (C=O) groups is 1. The normalized spacial score (nSPS) is 26.3. The van der Waals surface area contributed by atoms with Crippen molar-refractivity contribution in [2.45, 2.75) is 30.7 Å². The molecule has 0 radical (unpaired) electrons. The molecule has 1 aromatic rings. The number of nitrogens with zero attached hydrogens (tertiary/aromatic N) is 2. The Morgan fingerprint density at radius 1 is 1.21 bits per heavy atom. The number of piperazine rings is 1. The van der Waals surface area contributed by atoms with Crippen molar-refractivity contribution in [3.8, 4) is 0 Å². The number of hydrogen-bond acceptors (Lipinski definition) is 4. The van der Waals surface area contributed by atoms with Crippen LogP contribution in [0.3, 0.4) is 0 Å². The lowest BCUT2D eigenvalue weighted by Gasteiger charge is -2.39. The van der Waals surface area contributed by atoms with Gasteiger partial charge in [0.1, 0.15) is 0 Å². The van der Waals surface area contributed by atoms with Crippen LogP contribution in [0, 0.1) is 5.92 Å². The summed E-state index contributed by atoms with van der Waals surface area (Å²) in [6.45, 7) is 5.09. The molecule has 0 saturated carbocycles. The number of carbonyl (C=O) groups excluding carboxylic acids is 1. The second-order valence-corrected chi connectivity index (χ2v) is 8.54. The quantitative estimate of drug-likeness (QED) is 0.879. The Hall–Kier alpha value is -1.44. The average molecular weight is 351 g/mol. The maximum absolute atomic E-state index is 12.8. The van der Waals surface area contributed by atoms with Gasteiger partial charge in [0.25, 0.3) is 0 Å². The third-order valence-electron chi connectivity index (χ3n) is 4.90. The Morgan fingerprint density at radius 3 is 2.67 bits per heavy atom. The molecular formula is C17H25N3O3S. The predicted molar refractivity (Wildman–Crippen MR) is 92.0 cm³/mol. The fourth-order valence-corrected chi connectivity index (χ4v) is 5.05. The third-order valence-corrected chi connectivity index (χ3v) is 6.78. The second kappa shape index (κ2) is 7.21. The van der Waals surface area contributed by atoms with Gasteiger partial charge in [0.15, 0.2) is 0 Å². The third kappa shape index (κ3) is 3.48. The van der Waals surface area contributed by atoms with Crippen molar-refractivity contribution < 1.29 is 13.2 Å². The Kier molecular flexibility index (Phi) is 5.22. The Balaban J connectivity index is 1.73. The lowest BCUT2D eigenvalue weighted by Crippen LogP contribution is -2.55. The molecular weight excluding hydrogens is 326 g/mol. The molecule has 0 aromatic heterocycles. The molecule has 7 heteroatoms. The number of sulfonamides is 1. The molecule has 0 spiro atoms. The largest absolute Gasteiger partial charge is 0.337 e. The van der Waals surface area contributed by atoms with E-state index in [0.717, 1.165) is 25.9 Å². The van der Waals surface area contributed by atoms with Crippen LogP contribution in [-0.2, 0) is 14.8 Å². The molecule has 1 amide bonds. The first-order valence-corrected chi connectivity index (χ1v) is 10.0. The maximum Gasteiger partial charge on any atom is 0.243 e. The van der Waals surface area contributed by atoms with E-state index in [9.17, 15) is 13.2 Å². The molecule has 0 bridgehead atoms. The summed E-state index contributed by atoms with van der Waals surface area (Å²) in [5.74, 6) is -0.144. The second-order valence-electron chi connectivity index (χ2n) is 6.60. The van der Waals surface area contributed by atoms with Crippen molar-refractivity contribution in [3.63, 3.8) is 0 Å². The molecule has 0 aliphatic carbocycles. The topological polar surface area (TPSA) is 69.7 Å². The predicted octanol–water partition coefficient (Wildman–Crippen LogP) is 0.908. The molecule has 1 N–H and O–H groups in total. The van der Waals surface area contributed by atoms with Crippen LogP contribution >= 0.6 is 0 Å². The zero-order valence-corrected chi connectivity index (χ0v) is 14.8. The van der Waals surface area contributed by atoms with Crippen LogP contribution in [0.2, 0.25) is 0 Å². The zero-order valence-electron chi connectivity index (χ0n) is 14.0. The Morgan fingerprint density at radius 2 is 1.96 bits per heavy atom. The van der Waals surface area contributed by atoms with Gasteiger partial charge in [0.05, 0.1) is 10.8 Å². The van der Waals surface area contributed by atoms with Crippen LogP contribution in [0.25, 0.3) is 0 Å². The van der Waals surface area contributed by atoms with Crippen molar-refractivity contribution >= 4 is 15.9 Å². The molecule has 2 fully saturated rings. The van der Waals surface area contributed by atoms with E-state index in [1.807, 2.05) is 11.8 Å². The van der Waals surface area contributed by atoms with Gasteiger partial charge in [-0.1, -0.05) is 18.2 Å². The van der Waals surface area contributed by atoms with Crippen molar-refractivity contribution in [2.24, 2.45) is 5.92 Å². The minimum absolute atomic E-state index is 0.0944. The van der Waals surface area contributed by atoms with Crippen LogP contribution in [0.5, 0.6) is 0 Å². The molecule has 2 heterocycles. The van der Waals surface area contributed by atoms with E-state index in [4.69, 9.17) is 0 Å². The van der Waals surface area contributed by atoms with Gasteiger partial charge in [-0.05, 0) is 31.9 Å². The molecule has 3 rings (SSSR count). The fraction of sp³-hybridized carbons (Fsp3) is 0.588. The number of benzene rings is 1. The molecule has 2 aliphatic rings. The van der Waals surface area contributed by atoms with Gasteiger partial charge >= 0.3 is 0 Å². The minimum Gasteiger partial charge on any atom is -0.337 e. The van der Waals surface area contributed by atoms with Gasteiger partial charge in [0.2, 0.25) is 15.9 Å². The molecule has 1 unspecified atom stereocenters. The van der Waals surface area contributed by atoms with Crippen molar-refractivity contribution in [2.75, 3.05) is 32.7 Å². The number of piperidine rings is 1. The first-order chi connectivity index (χ1) is 11.5. The number of hydrogen-bond donors (Lipinski definition) is 1. The van der Waals surface area contributed by atoms with Gasteiger partial charge in [0, 0.05) is 38.8 Å². The van der Waals surface area contributed by atoms with Gasteiger partial charge in [-0.2, -0.15) is 4.31 Å². The summed E-state index contributed by atoms with van der Waals surface area (Å²) >= 11 is 0. The van der Waals surface area contributed by atoms with Crippen LogP contribution < -0.4 is 5.32 Å². The molecule has 2 saturated heterocycles. The lowest BCUT2D eigenvalue weighted by molar-refractivity contribution is -0.139. The van der Waals surface area contributed by atoms with E-state index in [2.05, 4.69) is 5.32 Å². The Labute approximate surface area is 143 Å². The number of rotatable bonds is 3. The van der Waals surface area contributed by atoms with E-state index in [0.29, 0.717) is 18.0 Å². The van der Waals surface area contributed by atoms with Crippen LogP contribution in [-0.4, -0.2) is 62.3 Å². The molecule has 2 atom stereocenters. The standard InChI is InChI=1S/C17H25N3O3S/c1-14-12-18-9-11-20(14)17(21)15-6-5-10-19(13-15)24(22,23)16-7-3-2-4-8-16/h2-4,7-8,14-15,18H,5-6,9-13H2,1H3/t14-,15?/m1/s1. The highest BCUT2D eigenvalue weighted by molar-refractivity contribution is 7.89. The van der Waals surface area contributed by atoms with Gasteiger partial charge in [-0.15, -0.1) is 0 Å². The number of amides is 1. The summed E-state index contributed by atoms with van der Waals surface area (Å²) in [7, 11) is -3.52.